The van der Waals surface area contributed by atoms with Crippen LogP contribution in [0.4, 0.5) is 0 Å². The molecule has 1 atom stereocenters. The van der Waals surface area contributed by atoms with E-state index in [2.05, 4.69) is 4.74 Å². The zero-order valence-corrected chi connectivity index (χ0v) is 9.77. The number of rotatable bonds is 4. The summed E-state index contributed by atoms with van der Waals surface area (Å²) in [6.07, 6.45) is 0.332. The van der Waals surface area contributed by atoms with Crippen LogP contribution >= 0.6 is 0 Å². The van der Waals surface area contributed by atoms with Gasteiger partial charge in [-0.3, -0.25) is 4.79 Å². The molecule has 1 rings (SSSR count). The number of carboxylic acid groups (broad SMARTS) is 1. The summed E-state index contributed by atoms with van der Waals surface area (Å²) in [7, 11) is 1.28. The SMILES string of the molecule is COC(=O)[C@H](N)Cc1ccc(C(=O)O)cc1C. The average Bonchev–Trinajstić information content (AvgIpc) is 2.30. The van der Waals surface area contributed by atoms with Crippen molar-refractivity contribution in [3.05, 3.63) is 34.9 Å². The standard InChI is InChI=1S/C12H15NO4/c1-7-5-9(11(14)15)4-3-8(7)6-10(13)12(16)17-2/h3-5,10H,6,13H2,1-2H3,(H,14,15)/t10-/m1/s1. The summed E-state index contributed by atoms with van der Waals surface area (Å²) in [5, 5.41) is 8.81. The molecule has 0 heterocycles. The predicted molar refractivity (Wildman–Crippen MR) is 61.8 cm³/mol. The van der Waals surface area contributed by atoms with Gasteiger partial charge in [0.15, 0.2) is 0 Å². The summed E-state index contributed by atoms with van der Waals surface area (Å²) in [6, 6.07) is 3.99. The number of carbonyl (C=O) groups is 2. The lowest BCUT2D eigenvalue weighted by Gasteiger charge is -2.11. The van der Waals surface area contributed by atoms with Crippen molar-refractivity contribution < 1.29 is 19.4 Å². The second-order valence-corrected chi connectivity index (χ2v) is 3.78. The van der Waals surface area contributed by atoms with Crippen molar-refractivity contribution in [2.24, 2.45) is 5.73 Å². The Morgan fingerprint density at radius 2 is 2.12 bits per heavy atom. The molecule has 0 radical (unpaired) electrons. The lowest BCUT2D eigenvalue weighted by molar-refractivity contribution is -0.142. The minimum Gasteiger partial charge on any atom is -0.478 e. The van der Waals surface area contributed by atoms with Gasteiger partial charge >= 0.3 is 11.9 Å². The van der Waals surface area contributed by atoms with Gasteiger partial charge in [0.2, 0.25) is 0 Å². The summed E-state index contributed by atoms with van der Waals surface area (Å²) in [4.78, 5) is 21.9. The quantitative estimate of drug-likeness (QED) is 0.754. The average molecular weight is 237 g/mol. The van der Waals surface area contributed by atoms with Gasteiger partial charge in [-0.25, -0.2) is 4.79 Å². The Hall–Kier alpha value is -1.88. The van der Waals surface area contributed by atoms with Crippen molar-refractivity contribution in [3.63, 3.8) is 0 Å². The first-order valence-electron chi connectivity index (χ1n) is 5.12. The third-order valence-electron chi connectivity index (χ3n) is 2.53. The molecule has 0 bridgehead atoms. The van der Waals surface area contributed by atoms with Crippen LogP contribution in [0, 0.1) is 6.92 Å². The number of hydrogen-bond donors (Lipinski definition) is 2. The fraction of sp³-hybridized carbons (Fsp3) is 0.333. The number of hydrogen-bond acceptors (Lipinski definition) is 4. The fourth-order valence-corrected chi connectivity index (χ4v) is 1.53. The molecule has 0 aliphatic heterocycles. The maximum absolute atomic E-state index is 11.2. The van der Waals surface area contributed by atoms with Crippen molar-refractivity contribution in [2.45, 2.75) is 19.4 Å². The zero-order chi connectivity index (χ0) is 13.0. The van der Waals surface area contributed by atoms with Crippen LogP contribution in [0.5, 0.6) is 0 Å². The molecule has 3 N–H and O–H groups in total. The van der Waals surface area contributed by atoms with E-state index in [-0.39, 0.29) is 5.56 Å². The molecule has 0 saturated carbocycles. The van der Waals surface area contributed by atoms with Crippen molar-refractivity contribution in [2.75, 3.05) is 7.11 Å². The van der Waals surface area contributed by atoms with Crippen LogP contribution in [-0.2, 0) is 16.0 Å². The number of carbonyl (C=O) groups excluding carboxylic acids is 1. The van der Waals surface area contributed by atoms with Crippen LogP contribution in [0.3, 0.4) is 0 Å². The molecule has 0 spiro atoms. The lowest BCUT2D eigenvalue weighted by Crippen LogP contribution is -2.33. The first-order chi connectivity index (χ1) is 7.95. The third-order valence-corrected chi connectivity index (χ3v) is 2.53. The number of aromatic carboxylic acids is 1. The first-order valence-corrected chi connectivity index (χ1v) is 5.12. The van der Waals surface area contributed by atoms with E-state index < -0.39 is 18.0 Å². The topological polar surface area (TPSA) is 89.6 Å². The lowest BCUT2D eigenvalue weighted by atomic mass is 9.99. The second-order valence-electron chi connectivity index (χ2n) is 3.78. The van der Waals surface area contributed by atoms with Crippen molar-refractivity contribution in [1.29, 1.82) is 0 Å². The molecule has 5 nitrogen and oxygen atoms in total. The molecule has 0 unspecified atom stereocenters. The maximum atomic E-state index is 11.2. The molecule has 17 heavy (non-hydrogen) atoms. The van der Waals surface area contributed by atoms with E-state index in [0.717, 1.165) is 11.1 Å². The van der Waals surface area contributed by atoms with Gasteiger partial charge in [-0.1, -0.05) is 6.07 Å². The van der Waals surface area contributed by atoms with E-state index in [0.29, 0.717) is 6.42 Å². The van der Waals surface area contributed by atoms with Gasteiger partial charge in [-0.2, -0.15) is 0 Å². The molecule has 0 amide bonds. The normalized spacial score (nSPS) is 11.9. The fourth-order valence-electron chi connectivity index (χ4n) is 1.53. The van der Waals surface area contributed by atoms with Gasteiger partial charge in [0, 0.05) is 0 Å². The Labute approximate surface area is 99.2 Å². The highest BCUT2D eigenvalue weighted by molar-refractivity contribution is 5.88. The maximum Gasteiger partial charge on any atom is 0.335 e. The van der Waals surface area contributed by atoms with Gasteiger partial charge in [0.1, 0.15) is 6.04 Å². The Balaban J connectivity index is 2.86. The minimum absolute atomic E-state index is 0.220. The van der Waals surface area contributed by atoms with Gasteiger partial charge in [-0.15, -0.1) is 0 Å². The molecule has 1 aromatic carbocycles. The number of methoxy groups -OCH3 is 1. The highest BCUT2D eigenvalue weighted by atomic mass is 16.5. The Morgan fingerprint density at radius 1 is 1.47 bits per heavy atom. The van der Waals surface area contributed by atoms with E-state index in [1.165, 1.54) is 13.2 Å². The number of esters is 1. The molecule has 92 valence electrons. The number of nitrogens with two attached hydrogens (primary N) is 1. The summed E-state index contributed by atoms with van der Waals surface area (Å²) < 4.78 is 4.53. The highest BCUT2D eigenvalue weighted by Gasteiger charge is 2.16. The molecule has 0 aliphatic carbocycles. The summed E-state index contributed by atoms with van der Waals surface area (Å²) in [5.41, 5.74) is 7.49. The summed E-state index contributed by atoms with van der Waals surface area (Å²) in [6.45, 7) is 1.78. The molecule has 5 heteroatoms. The Morgan fingerprint density at radius 3 is 2.59 bits per heavy atom. The van der Waals surface area contributed by atoms with Gasteiger partial charge in [0.25, 0.3) is 0 Å². The molecule has 0 saturated heterocycles. The molecule has 0 aromatic heterocycles. The smallest absolute Gasteiger partial charge is 0.335 e. The Bertz CT molecular complexity index is 442. The highest BCUT2D eigenvalue weighted by Crippen LogP contribution is 2.13. The first kappa shape index (κ1) is 13.2. The van der Waals surface area contributed by atoms with Crippen LogP contribution in [0.25, 0.3) is 0 Å². The summed E-state index contributed by atoms with van der Waals surface area (Å²) in [5.74, 6) is -1.45. The van der Waals surface area contributed by atoms with Crippen LogP contribution in [0.2, 0.25) is 0 Å². The van der Waals surface area contributed by atoms with E-state index >= 15 is 0 Å². The van der Waals surface area contributed by atoms with Gasteiger partial charge in [0.05, 0.1) is 12.7 Å². The Kier molecular flexibility index (Phi) is 4.23. The number of benzene rings is 1. The van der Waals surface area contributed by atoms with E-state index in [4.69, 9.17) is 10.8 Å². The largest absolute Gasteiger partial charge is 0.478 e. The number of carboxylic acids is 1. The van der Waals surface area contributed by atoms with Crippen LogP contribution in [0.15, 0.2) is 18.2 Å². The number of aryl methyl sites for hydroxylation is 1. The monoisotopic (exact) mass is 237 g/mol. The molecule has 1 aromatic rings. The molecule has 0 fully saturated rings. The van der Waals surface area contributed by atoms with E-state index in [1.54, 1.807) is 19.1 Å². The van der Waals surface area contributed by atoms with E-state index in [9.17, 15) is 9.59 Å². The minimum atomic E-state index is -0.975. The second kappa shape index (κ2) is 5.45. The third kappa shape index (κ3) is 3.29. The van der Waals surface area contributed by atoms with Crippen LogP contribution in [0.1, 0.15) is 21.5 Å². The van der Waals surface area contributed by atoms with Crippen molar-refractivity contribution in [3.8, 4) is 0 Å². The molecule has 0 aliphatic rings. The summed E-state index contributed by atoms with van der Waals surface area (Å²) >= 11 is 0. The molecular formula is C12H15NO4. The number of ether oxygens (including phenoxy) is 1. The van der Waals surface area contributed by atoms with Crippen molar-refractivity contribution in [1.82, 2.24) is 0 Å². The predicted octanol–water partition coefficient (Wildman–Crippen LogP) is 0.736. The molecular weight excluding hydrogens is 222 g/mol. The van der Waals surface area contributed by atoms with Crippen molar-refractivity contribution >= 4 is 11.9 Å². The van der Waals surface area contributed by atoms with Gasteiger partial charge in [-0.05, 0) is 36.6 Å². The van der Waals surface area contributed by atoms with Crippen LogP contribution in [-0.4, -0.2) is 30.2 Å². The zero-order valence-electron chi connectivity index (χ0n) is 9.77. The van der Waals surface area contributed by atoms with E-state index in [1.807, 2.05) is 0 Å². The van der Waals surface area contributed by atoms with Crippen LogP contribution < -0.4 is 5.73 Å². The van der Waals surface area contributed by atoms with Gasteiger partial charge < -0.3 is 15.6 Å².